The Kier molecular flexibility index (Phi) is 5.50. The highest BCUT2D eigenvalue weighted by Crippen LogP contribution is 2.42. The number of carbonyl (C=O) groups excluding carboxylic acids is 2. The molecule has 0 fully saturated rings. The zero-order valence-corrected chi connectivity index (χ0v) is 15.8. The van der Waals surface area contributed by atoms with Crippen LogP contribution in [0.1, 0.15) is 29.7 Å². The molecule has 2 atom stereocenters. The maximum Gasteiger partial charge on any atom is 0.416 e. The zero-order chi connectivity index (χ0) is 22.9. The fourth-order valence-corrected chi connectivity index (χ4v) is 3.50. The van der Waals surface area contributed by atoms with Crippen molar-refractivity contribution in [3.8, 4) is 12.1 Å². The number of carboxylic acid groups (broad SMARTS) is 1. The number of allylic oxidation sites excluding steroid dienone is 2. The number of hydrogen-bond donors (Lipinski definition) is 0. The van der Waals surface area contributed by atoms with Gasteiger partial charge in [0.25, 0.3) is 0 Å². The second-order valence-corrected chi connectivity index (χ2v) is 6.70. The lowest BCUT2D eigenvalue weighted by atomic mass is 9.76. The number of nitriles is 2. The Bertz CT molecular complexity index is 1170. The van der Waals surface area contributed by atoms with E-state index in [-0.39, 0.29) is 28.2 Å². The van der Waals surface area contributed by atoms with Crippen LogP contribution in [-0.2, 0) is 15.8 Å². The summed E-state index contributed by atoms with van der Waals surface area (Å²) >= 11 is 0. The zero-order valence-electron chi connectivity index (χ0n) is 15.8. The Hall–Kier alpha value is -4.18. The van der Waals surface area contributed by atoms with E-state index in [1.54, 1.807) is 6.07 Å². The maximum atomic E-state index is 13.1. The number of anilines is 1. The number of hydrogen-bond acceptors (Lipinski definition) is 6. The number of amides is 1. The van der Waals surface area contributed by atoms with Crippen LogP contribution in [0.4, 0.5) is 18.9 Å². The average Bonchev–Trinajstić information content (AvgIpc) is 2.73. The van der Waals surface area contributed by atoms with E-state index in [0.717, 1.165) is 17.0 Å². The third kappa shape index (κ3) is 3.83. The summed E-state index contributed by atoms with van der Waals surface area (Å²) in [5.74, 6) is -6.01. The van der Waals surface area contributed by atoms with E-state index >= 15 is 0 Å². The van der Waals surface area contributed by atoms with Crippen molar-refractivity contribution in [2.45, 2.75) is 19.0 Å². The molecule has 0 N–H and O–H groups in total. The Morgan fingerprint density at radius 1 is 1.19 bits per heavy atom. The van der Waals surface area contributed by atoms with E-state index in [0.29, 0.717) is 6.07 Å². The Morgan fingerprint density at radius 3 is 2.42 bits per heavy atom. The third-order valence-corrected chi connectivity index (χ3v) is 4.92. The number of carbonyl (C=O) groups is 2. The summed E-state index contributed by atoms with van der Waals surface area (Å²) in [5.41, 5.74) is -1.20. The van der Waals surface area contributed by atoms with Gasteiger partial charge >= 0.3 is 6.18 Å². The molecule has 0 saturated carbocycles. The minimum atomic E-state index is -4.69. The number of benzene rings is 1. The van der Waals surface area contributed by atoms with E-state index < -0.39 is 35.5 Å². The van der Waals surface area contributed by atoms with E-state index in [4.69, 9.17) is 5.26 Å². The first-order chi connectivity index (χ1) is 14.6. The second kappa shape index (κ2) is 7.92. The van der Waals surface area contributed by atoms with Crippen molar-refractivity contribution >= 4 is 17.6 Å². The molecule has 0 saturated heterocycles. The van der Waals surface area contributed by atoms with Gasteiger partial charge in [0.2, 0.25) is 5.91 Å². The van der Waals surface area contributed by atoms with Gasteiger partial charge < -0.3 is 9.90 Å². The first-order valence-electron chi connectivity index (χ1n) is 8.79. The average molecular weight is 425 g/mol. The molecular formula is C21H12F3N4O3-. The van der Waals surface area contributed by atoms with Crippen LogP contribution in [0.2, 0.25) is 0 Å². The van der Waals surface area contributed by atoms with Crippen molar-refractivity contribution in [1.82, 2.24) is 4.98 Å². The third-order valence-electron chi connectivity index (χ3n) is 4.92. The molecule has 1 aromatic heterocycles. The Balaban J connectivity index is 2.21. The molecule has 1 amide bonds. The first kappa shape index (κ1) is 21.5. The van der Waals surface area contributed by atoms with E-state index in [1.165, 1.54) is 31.3 Å². The molecule has 1 aliphatic rings. The summed E-state index contributed by atoms with van der Waals surface area (Å²) in [6.07, 6.45) is -3.51. The summed E-state index contributed by atoms with van der Waals surface area (Å²) < 4.78 is 39.4. The topological polar surface area (TPSA) is 121 Å². The second-order valence-electron chi connectivity index (χ2n) is 6.70. The lowest BCUT2D eigenvalue weighted by Gasteiger charge is -2.39. The van der Waals surface area contributed by atoms with E-state index in [2.05, 4.69) is 4.98 Å². The van der Waals surface area contributed by atoms with Crippen LogP contribution in [0.3, 0.4) is 0 Å². The molecule has 0 bridgehead atoms. The minimum Gasteiger partial charge on any atom is -0.549 e. The van der Waals surface area contributed by atoms with Crippen molar-refractivity contribution in [3.63, 3.8) is 0 Å². The number of halogens is 3. The molecule has 2 unspecified atom stereocenters. The maximum absolute atomic E-state index is 13.1. The number of carboxylic acids is 1. The van der Waals surface area contributed by atoms with Crippen molar-refractivity contribution in [3.05, 3.63) is 70.7 Å². The molecule has 2 heterocycles. The number of aromatic nitrogens is 1. The van der Waals surface area contributed by atoms with Gasteiger partial charge in [-0.25, -0.2) is 4.98 Å². The molecule has 10 heteroatoms. The highest BCUT2D eigenvalue weighted by Gasteiger charge is 2.44. The van der Waals surface area contributed by atoms with Crippen LogP contribution in [0, 0.1) is 28.6 Å². The van der Waals surface area contributed by atoms with Gasteiger partial charge in [0, 0.05) is 23.5 Å². The van der Waals surface area contributed by atoms with Crippen LogP contribution in [0.15, 0.2) is 53.9 Å². The van der Waals surface area contributed by atoms with Crippen molar-refractivity contribution in [1.29, 1.82) is 10.5 Å². The minimum absolute atomic E-state index is 0.0151. The highest BCUT2D eigenvalue weighted by molar-refractivity contribution is 6.09. The van der Waals surface area contributed by atoms with Gasteiger partial charge in [-0.15, -0.1) is 0 Å². The lowest BCUT2D eigenvalue weighted by Crippen LogP contribution is -2.50. The summed E-state index contributed by atoms with van der Waals surface area (Å²) in [5, 5.41) is 30.5. The monoisotopic (exact) mass is 425 g/mol. The molecule has 7 nitrogen and oxygen atoms in total. The molecule has 3 rings (SSSR count). The Morgan fingerprint density at radius 2 is 1.90 bits per heavy atom. The number of pyridine rings is 1. The van der Waals surface area contributed by atoms with Crippen LogP contribution in [-0.4, -0.2) is 16.9 Å². The largest absolute Gasteiger partial charge is 0.549 e. The molecular weight excluding hydrogens is 413 g/mol. The van der Waals surface area contributed by atoms with E-state index in [1.807, 2.05) is 6.07 Å². The first-order valence-corrected chi connectivity index (χ1v) is 8.79. The van der Waals surface area contributed by atoms with Crippen LogP contribution >= 0.6 is 0 Å². The molecule has 31 heavy (non-hydrogen) atoms. The predicted molar refractivity (Wildman–Crippen MR) is 97.4 cm³/mol. The predicted octanol–water partition coefficient (Wildman–Crippen LogP) is 2.27. The van der Waals surface area contributed by atoms with Gasteiger partial charge in [0.15, 0.2) is 0 Å². The van der Waals surface area contributed by atoms with Gasteiger partial charge in [-0.3, -0.25) is 9.69 Å². The molecule has 1 aliphatic heterocycles. The molecule has 0 radical (unpaired) electrons. The molecule has 2 aromatic rings. The van der Waals surface area contributed by atoms with Crippen molar-refractivity contribution in [2.24, 2.45) is 5.92 Å². The number of nitrogens with zero attached hydrogens (tertiary/aromatic N) is 4. The fraction of sp³-hybridized carbons (Fsp3) is 0.190. The summed E-state index contributed by atoms with van der Waals surface area (Å²) in [6.45, 7) is 1.34. The fourth-order valence-electron chi connectivity index (χ4n) is 3.50. The normalized spacial score (nSPS) is 19.0. The molecule has 0 aliphatic carbocycles. The van der Waals surface area contributed by atoms with Crippen molar-refractivity contribution < 1.29 is 27.9 Å². The van der Waals surface area contributed by atoms with Gasteiger partial charge in [-0.2, -0.15) is 23.7 Å². The highest BCUT2D eigenvalue weighted by atomic mass is 19.4. The summed E-state index contributed by atoms with van der Waals surface area (Å²) in [4.78, 5) is 29.6. The van der Waals surface area contributed by atoms with Gasteiger partial charge in [0.1, 0.15) is 11.8 Å². The standard InChI is InChI=1S/C21H13F3N4O3/c1-11-16(9-26)17(12-5-6-14(8-25)27-10-12)18(20(30)31)19(29)28(11)15-4-2-3-13(7-15)21(22,23)24/h2-7,10,17-18H,1H3,(H,30,31)/p-1. The van der Waals surface area contributed by atoms with Crippen LogP contribution < -0.4 is 10.0 Å². The van der Waals surface area contributed by atoms with Crippen LogP contribution in [0.5, 0.6) is 0 Å². The number of rotatable bonds is 3. The summed E-state index contributed by atoms with van der Waals surface area (Å²) in [6, 6.07) is 10.1. The number of aliphatic carboxylic acids is 1. The number of alkyl halides is 3. The molecule has 1 aromatic carbocycles. The lowest BCUT2D eigenvalue weighted by molar-refractivity contribution is -0.310. The smallest absolute Gasteiger partial charge is 0.416 e. The van der Waals surface area contributed by atoms with Gasteiger partial charge in [-0.05, 0) is 36.8 Å². The molecule has 0 spiro atoms. The van der Waals surface area contributed by atoms with Gasteiger partial charge in [0.05, 0.1) is 29.1 Å². The SMILES string of the molecule is CC1=C(C#N)C(c2ccc(C#N)nc2)C(C(=O)[O-])C(=O)N1c1cccc(C(F)(F)F)c1. The molecule has 156 valence electrons. The van der Waals surface area contributed by atoms with Crippen molar-refractivity contribution in [2.75, 3.05) is 4.90 Å². The van der Waals surface area contributed by atoms with Gasteiger partial charge in [-0.1, -0.05) is 12.1 Å². The Labute approximate surface area is 174 Å². The van der Waals surface area contributed by atoms with E-state index in [9.17, 15) is 33.1 Å². The quantitative estimate of drug-likeness (QED) is 0.696. The van der Waals surface area contributed by atoms with Crippen LogP contribution in [0.25, 0.3) is 0 Å². The summed E-state index contributed by atoms with van der Waals surface area (Å²) in [7, 11) is 0.